The Hall–Kier alpha value is -3.40. The van der Waals surface area contributed by atoms with Gasteiger partial charge in [0, 0.05) is 31.1 Å². The van der Waals surface area contributed by atoms with Crippen molar-refractivity contribution in [2.75, 3.05) is 18.0 Å². The molecular weight excluding hydrogens is 372 g/mol. The number of nitrogens with one attached hydrogen (secondary N) is 1. The zero-order valence-electron chi connectivity index (χ0n) is 17.1. The summed E-state index contributed by atoms with van der Waals surface area (Å²) in [6.45, 7) is 2.94. The molecule has 0 radical (unpaired) electrons. The maximum Gasteiger partial charge on any atom is 0.227 e. The average molecular weight is 399 g/mol. The van der Waals surface area contributed by atoms with Gasteiger partial charge in [-0.25, -0.2) is 0 Å². The van der Waals surface area contributed by atoms with E-state index in [-0.39, 0.29) is 30.1 Å². The highest BCUT2D eigenvalue weighted by Crippen LogP contribution is 2.27. The Morgan fingerprint density at radius 1 is 0.933 bits per heavy atom. The van der Waals surface area contributed by atoms with Gasteiger partial charge in [0.05, 0.1) is 5.92 Å². The van der Waals surface area contributed by atoms with Gasteiger partial charge in [-0.05, 0) is 30.2 Å². The van der Waals surface area contributed by atoms with Gasteiger partial charge < -0.3 is 10.2 Å². The largest absolute Gasteiger partial charge is 0.355 e. The maximum atomic E-state index is 12.9. The van der Waals surface area contributed by atoms with Gasteiger partial charge in [-0.3, -0.25) is 9.59 Å². The van der Waals surface area contributed by atoms with Gasteiger partial charge in [0.15, 0.2) is 0 Å². The molecule has 1 fully saturated rings. The Morgan fingerprint density at radius 2 is 1.50 bits per heavy atom. The van der Waals surface area contributed by atoms with E-state index in [9.17, 15) is 9.59 Å². The molecule has 3 aromatic rings. The fourth-order valence-electron chi connectivity index (χ4n) is 4.00. The van der Waals surface area contributed by atoms with Crippen LogP contribution in [-0.2, 0) is 9.59 Å². The first-order chi connectivity index (χ1) is 14.6. The number of anilines is 1. The van der Waals surface area contributed by atoms with Crippen molar-refractivity contribution in [3.63, 3.8) is 0 Å². The zero-order chi connectivity index (χ0) is 20.9. The van der Waals surface area contributed by atoms with Crippen molar-refractivity contribution in [1.82, 2.24) is 5.32 Å². The standard InChI is InChI=1S/C26H26N2O2/c1-19-12-14-23(15-13-19)28-18-22(16-25(28)29)26(30)27-17-24(20-8-4-2-5-9-20)21-10-6-3-7-11-21/h2-15,22,24H,16-18H2,1H3,(H,27,30)/t22-/m1/s1. The van der Waals surface area contributed by atoms with Crippen LogP contribution in [0.3, 0.4) is 0 Å². The Morgan fingerprint density at radius 3 is 2.07 bits per heavy atom. The summed E-state index contributed by atoms with van der Waals surface area (Å²) >= 11 is 0. The van der Waals surface area contributed by atoms with Crippen LogP contribution in [0.4, 0.5) is 5.69 Å². The van der Waals surface area contributed by atoms with Crippen LogP contribution in [0.15, 0.2) is 84.9 Å². The predicted molar refractivity (Wildman–Crippen MR) is 119 cm³/mol. The molecule has 0 saturated carbocycles. The van der Waals surface area contributed by atoms with Crippen LogP contribution in [0.5, 0.6) is 0 Å². The lowest BCUT2D eigenvalue weighted by Gasteiger charge is -2.20. The molecule has 1 heterocycles. The molecule has 152 valence electrons. The second-order valence-electron chi connectivity index (χ2n) is 7.86. The molecule has 0 bridgehead atoms. The monoisotopic (exact) mass is 398 g/mol. The number of nitrogens with zero attached hydrogens (tertiary/aromatic N) is 1. The van der Waals surface area contributed by atoms with E-state index < -0.39 is 0 Å². The van der Waals surface area contributed by atoms with Crippen molar-refractivity contribution >= 4 is 17.5 Å². The lowest BCUT2D eigenvalue weighted by atomic mass is 9.91. The van der Waals surface area contributed by atoms with E-state index in [1.54, 1.807) is 4.90 Å². The summed E-state index contributed by atoms with van der Waals surface area (Å²) < 4.78 is 0. The first-order valence-electron chi connectivity index (χ1n) is 10.4. The van der Waals surface area contributed by atoms with Crippen LogP contribution >= 0.6 is 0 Å². The molecule has 1 atom stereocenters. The summed E-state index contributed by atoms with van der Waals surface area (Å²) in [7, 11) is 0. The molecule has 0 aliphatic carbocycles. The van der Waals surface area contributed by atoms with Gasteiger partial charge in [-0.15, -0.1) is 0 Å². The van der Waals surface area contributed by atoms with Gasteiger partial charge >= 0.3 is 0 Å². The number of carbonyl (C=O) groups excluding carboxylic acids is 2. The van der Waals surface area contributed by atoms with E-state index in [0.717, 1.165) is 22.4 Å². The highest BCUT2D eigenvalue weighted by Gasteiger charge is 2.35. The van der Waals surface area contributed by atoms with E-state index in [4.69, 9.17) is 0 Å². The van der Waals surface area contributed by atoms with Crippen LogP contribution < -0.4 is 10.2 Å². The van der Waals surface area contributed by atoms with Crippen molar-refractivity contribution < 1.29 is 9.59 Å². The molecular formula is C26H26N2O2. The number of carbonyl (C=O) groups is 2. The van der Waals surface area contributed by atoms with E-state index in [0.29, 0.717) is 13.1 Å². The Labute approximate surface area is 177 Å². The highest BCUT2D eigenvalue weighted by molar-refractivity contribution is 6.00. The normalized spacial score (nSPS) is 16.1. The van der Waals surface area contributed by atoms with Gasteiger partial charge in [-0.2, -0.15) is 0 Å². The molecule has 30 heavy (non-hydrogen) atoms. The lowest BCUT2D eigenvalue weighted by Crippen LogP contribution is -2.35. The lowest BCUT2D eigenvalue weighted by molar-refractivity contribution is -0.126. The van der Waals surface area contributed by atoms with Crippen LogP contribution in [0, 0.1) is 12.8 Å². The zero-order valence-corrected chi connectivity index (χ0v) is 17.1. The number of hydrogen-bond acceptors (Lipinski definition) is 2. The SMILES string of the molecule is Cc1ccc(N2C[C@H](C(=O)NCC(c3ccccc3)c3ccccc3)CC2=O)cc1. The quantitative estimate of drug-likeness (QED) is 0.673. The Bertz CT molecular complexity index is 961. The topological polar surface area (TPSA) is 49.4 Å². The van der Waals surface area contributed by atoms with E-state index in [1.807, 2.05) is 67.6 Å². The van der Waals surface area contributed by atoms with Gasteiger partial charge in [0.25, 0.3) is 0 Å². The summed E-state index contributed by atoms with van der Waals surface area (Å²) in [4.78, 5) is 27.1. The fourth-order valence-corrected chi connectivity index (χ4v) is 4.00. The molecule has 0 unspecified atom stereocenters. The van der Waals surface area contributed by atoms with Crippen LogP contribution in [0.1, 0.15) is 29.0 Å². The summed E-state index contributed by atoms with van der Waals surface area (Å²) in [5.41, 5.74) is 4.32. The van der Waals surface area contributed by atoms with E-state index in [2.05, 4.69) is 29.6 Å². The summed E-state index contributed by atoms with van der Waals surface area (Å²) in [6, 6.07) is 28.2. The van der Waals surface area contributed by atoms with Gasteiger partial charge in [0.2, 0.25) is 11.8 Å². The molecule has 4 heteroatoms. The summed E-state index contributed by atoms with van der Waals surface area (Å²) in [6.07, 6.45) is 0.251. The number of benzene rings is 3. The van der Waals surface area contributed by atoms with Crippen molar-refractivity contribution in [3.8, 4) is 0 Å². The van der Waals surface area contributed by atoms with Crippen molar-refractivity contribution in [1.29, 1.82) is 0 Å². The van der Waals surface area contributed by atoms with Crippen LogP contribution in [-0.4, -0.2) is 24.9 Å². The first kappa shape index (κ1) is 19.9. The molecule has 1 aliphatic rings. The van der Waals surface area contributed by atoms with Crippen molar-refractivity contribution in [2.45, 2.75) is 19.3 Å². The minimum Gasteiger partial charge on any atom is -0.355 e. The number of hydrogen-bond donors (Lipinski definition) is 1. The van der Waals surface area contributed by atoms with Crippen molar-refractivity contribution in [3.05, 3.63) is 102 Å². The number of amides is 2. The molecule has 0 aromatic heterocycles. The molecule has 2 amide bonds. The summed E-state index contributed by atoms with van der Waals surface area (Å²) in [5, 5.41) is 3.11. The molecule has 1 aliphatic heterocycles. The average Bonchev–Trinajstić information content (AvgIpc) is 3.17. The molecule has 4 nitrogen and oxygen atoms in total. The predicted octanol–water partition coefficient (Wildman–Crippen LogP) is 4.30. The van der Waals surface area contributed by atoms with Crippen molar-refractivity contribution in [2.24, 2.45) is 5.92 Å². The first-order valence-corrected chi connectivity index (χ1v) is 10.4. The third-order valence-electron chi connectivity index (χ3n) is 5.73. The number of rotatable bonds is 6. The molecule has 1 N–H and O–H groups in total. The second kappa shape index (κ2) is 8.95. The van der Waals surface area contributed by atoms with Crippen LogP contribution in [0.2, 0.25) is 0 Å². The van der Waals surface area contributed by atoms with E-state index in [1.165, 1.54) is 0 Å². The third kappa shape index (κ3) is 4.43. The highest BCUT2D eigenvalue weighted by atomic mass is 16.2. The molecule has 4 rings (SSSR count). The second-order valence-corrected chi connectivity index (χ2v) is 7.86. The maximum absolute atomic E-state index is 12.9. The number of aryl methyl sites for hydroxylation is 1. The molecule has 3 aromatic carbocycles. The van der Waals surface area contributed by atoms with E-state index >= 15 is 0 Å². The molecule has 0 spiro atoms. The fraction of sp³-hybridized carbons (Fsp3) is 0.231. The Kier molecular flexibility index (Phi) is 5.94. The Balaban J connectivity index is 1.44. The van der Waals surface area contributed by atoms with Gasteiger partial charge in [0.1, 0.15) is 0 Å². The minimum absolute atomic E-state index is 0.00155. The molecule has 1 saturated heterocycles. The third-order valence-corrected chi connectivity index (χ3v) is 5.73. The smallest absolute Gasteiger partial charge is 0.227 e. The summed E-state index contributed by atoms with van der Waals surface area (Å²) in [5.74, 6) is -0.316. The van der Waals surface area contributed by atoms with Gasteiger partial charge in [-0.1, -0.05) is 78.4 Å². The minimum atomic E-state index is -0.328. The van der Waals surface area contributed by atoms with Crippen LogP contribution in [0.25, 0.3) is 0 Å².